The molecule has 4 aromatic rings. The van der Waals surface area contributed by atoms with Crippen LogP contribution in [0.3, 0.4) is 0 Å². The first-order valence-electron chi connectivity index (χ1n) is 10.1. The van der Waals surface area contributed by atoms with Crippen molar-refractivity contribution in [2.75, 3.05) is 10.6 Å². The minimum Gasteiger partial charge on any atom is -0.457 e. The highest BCUT2D eigenvalue weighted by Gasteiger charge is 2.22. The lowest BCUT2D eigenvalue weighted by molar-refractivity contribution is 0.101. The quantitative estimate of drug-likeness (QED) is 0.356. The minimum atomic E-state index is -0.357. The summed E-state index contributed by atoms with van der Waals surface area (Å²) in [5.74, 6) is 1.53. The molecule has 1 heterocycles. The van der Waals surface area contributed by atoms with Gasteiger partial charge in [0.25, 0.3) is 11.8 Å². The standard InChI is InChI=1S/C26H17ClN2O4/c27-17-8-12-24-22(14-17)29-26(31)21-15-18(9-13-23(21)33-24)28-25(30)16-6-10-20(11-7-16)32-19-4-2-1-3-5-19/h1-15H,(H,28,30)(H,29,31). The van der Waals surface area contributed by atoms with Gasteiger partial charge in [-0.05, 0) is 72.8 Å². The second-order valence-electron chi connectivity index (χ2n) is 7.30. The van der Waals surface area contributed by atoms with Gasteiger partial charge in [0.15, 0.2) is 5.75 Å². The summed E-state index contributed by atoms with van der Waals surface area (Å²) in [6.07, 6.45) is 0. The molecule has 1 aliphatic heterocycles. The van der Waals surface area contributed by atoms with E-state index in [1.54, 1.807) is 60.7 Å². The van der Waals surface area contributed by atoms with Gasteiger partial charge in [0.2, 0.25) is 0 Å². The second-order valence-corrected chi connectivity index (χ2v) is 7.74. The molecule has 2 N–H and O–H groups in total. The van der Waals surface area contributed by atoms with Crippen molar-refractivity contribution < 1.29 is 19.1 Å². The SMILES string of the molecule is O=C(Nc1ccc2c(c1)C(=O)Nc1cc(Cl)ccc1O2)c1ccc(Oc2ccccc2)cc1. The van der Waals surface area contributed by atoms with Crippen LogP contribution in [0.4, 0.5) is 11.4 Å². The van der Waals surface area contributed by atoms with E-state index < -0.39 is 0 Å². The molecule has 162 valence electrons. The number of halogens is 1. The highest BCUT2D eigenvalue weighted by molar-refractivity contribution is 6.31. The lowest BCUT2D eigenvalue weighted by Gasteiger charge is -2.10. The summed E-state index contributed by atoms with van der Waals surface area (Å²) in [4.78, 5) is 25.4. The van der Waals surface area contributed by atoms with Crippen LogP contribution in [0.1, 0.15) is 20.7 Å². The molecular weight excluding hydrogens is 440 g/mol. The number of benzene rings is 4. The zero-order chi connectivity index (χ0) is 22.8. The average Bonchev–Trinajstić information content (AvgIpc) is 2.95. The van der Waals surface area contributed by atoms with Gasteiger partial charge in [0, 0.05) is 16.3 Å². The number of anilines is 2. The van der Waals surface area contributed by atoms with Gasteiger partial charge in [-0.25, -0.2) is 0 Å². The summed E-state index contributed by atoms with van der Waals surface area (Å²) in [5.41, 5.74) is 1.69. The van der Waals surface area contributed by atoms with Gasteiger partial charge in [0.05, 0.1) is 11.3 Å². The van der Waals surface area contributed by atoms with Crippen molar-refractivity contribution in [3.05, 3.63) is 107 Å². The lowest BCUT2D eigenvalue weighted by Crippen LogP contribution is -2.14. The van der Waals surface area contributed by atoms with E-state index in [1.807, 2.05) is 30.3 Å². The fourth-order valence-electron chi connectivity index (χ4n) is 3.37. The summed E-state index contributed by atoms with van der Waals surface area (Å²) >= 11 is 6.02. The van der Waals surface area contributed by atoms with Crippen LogP contribution in [0.2, 0.25) is 5.02 Å². The highest BCUT2D eigenvalue weighted by atomic mass is 35.5. The second kappa shape index (κ2) is 8.68. The van der Waals surface area contributed by atoms with Crippen molar-refractivity contribution >= 4 is 34.8 Å². The van der Waals surface area contributed by atoms with Crippen molar-refractivity contribution in [3.8, 4) is 23.0 Å². The number of hydrogen-bond acceptors (Lipinski definition) is 4. The van der Waals surface area contributed by atoms with E-state index in [0.29, 0.717) is 50.5 Å². The number of nitrogens with one attached hydrogen (secondary N) is 2. The third kappa shape index (κ3) is 4.51. The molecule has 1 aliphatic rings. The van der Waals surface area contributed by atoms with Crippen LogP contribution in [0.5, 0.6) is 23.0 Å². The van der Waals surface area contributed by atoms with Gasteiger partial charge >= 0.3 is 0 Å². The maximum atomic E-state index is 12.7. The first-order chi connectivity index (χ1) is 16.0. The molecular formula is C26H17ClN2O4. The van der Waals surface area contributed by atoms with E-state index in [4.69, 9.17) is 21.1 Å². The molecule has 4 aromatic carbocycles. The summed E-state index contributed by atoms with van der Waals surface area (Å²) in [6, 6.07) is 26.1. The van der Waals surface area contributed by atoms with Gasteiger partial charge < -0.3 is 20.1 Å². The van der Waals surface area contributed by atoms with Crippen molar-refractivity contribution in [2.24, 2.45) is 0 Å². The van der Waals surface area contributed by atoms with Crippen LogP contribution >= 0.6 is 11.6 Å². The summed E-state index contributed by atoms with van der Waals surface area (Å²) in [5, 5.41) is 6.08. The molecule has 0 atom stereocenters. The first kappa shape index (κ1) is 20.6. The minimum absolute atomic E-state index is 0.298. The molecule has 0 bridgehead atoms. The van der Waals surface area contributed by atoms with Crippen LogP contribution < -0.4 is 20.1 Å². The Hall–Kier alpha value is -4.29. The normalized spacial score (nSPS) is 11.8. The molecule has 0 fully saturated rings. The number of para-hydroxylation sites is 1. The average molecular weight is 457 g/mol. The molecule has 0 saturated carbocycles. The van der Waals surface area contributed by atoms with Crippen LogP contribution in [0.15, 0.2) is 91.0 Å². The zero-order valence-electron chi connectivity index (χ0n) is 17.2. The van der Waals surface area contributed by atoms with Crippen molar-refractivity contribution in [1.29, 1.82) is 0 Å². The van der Waals surface area contributed by atoms with Gasteiger partial charge in [-0.3, -0.25) is 9.59 Å². The predicted octanol–water partition coefficient (Wildman–Crippen LogP) is 6.74. The van der Waals surface area contributed by atoms with Gasteiger partial charge in [-0.15, -0.1) is 0 Å². The molecule has 33 heavy (non-hydrogen) atoms. The van der Waals surface area contributed by atoms with E-state index >= 15 is 0 Å². The number of rotatable bonds is 4. The third-order valence-corrected chi connectivity index (χ3v) is 5.22. The van der Waals surface area contributed by atoms with E-state index in [1.165, 1.54) is 0 Å². The summed E-state index contributed by atoms with van der Waals surface area (Å²) in [7, 11) is 0. The number of fused-ring (bicyclic) bond motifs is 2. The van der Waals surface area contributed by atoms with Crippen molar-refractivity contribution in [3.63, 3.8) is 0 Å². The Morgan fingerprint density at radius 2 is 1.58 bits per heavy atom. The van der Waals surface area contributed by atoms with Crippen LogP contribution in [-0.2, 0) is 0 Å². The van der Waals surface area contributed by atoms with Crippen LogP contribution in [0.25, 0.3) is 0 Å². The third-order valence-electron chi connectivity index (χ3n) is 4.99. The maximum Gasteiger partial charge on any atom is 0.259 e. The molecule has 7 heteroatoms. The molecule has 0 unspecified atom stereocenters. The Labute approximate surface area is 194 Å². The number of amides is 2. The largest absolute Gasteiger partial charge is 0.457 e. The van der Waals surface area contributed by atoms with Crippen LogP contribution in [-0.4, -0.2) is 11.8 Å². The van der Waals surface area contributed by atoms with E-state index in [-0.39, 0.29) is 11.8 Å². The summed E-state index contributed by atoms with van der Waals surface area (Å²) in [6.45, 7) is 0. The Balaban J connectivity index is 1.31. The smallest absolute Gasteiger partial charge is 0.259 e. The maximum absolute atomic E-state index is 12.7. The summed E-state index contributed by atoms with van der Waals surface area (Å²) < 4.78 is 11.6. The fourth-order valence-corrected chi connectivity index (χ4v) is 3.55. The Bertz CT molecular complexity index is 1350. The number of carbonyl (C=O) groups excluding carboxylic acids is 2. The molecule has 0 aromatic heterocycles. The van der Waals surface area contributed by atoms with Gasteiger partial charge in [0.1, 0.15) is 17.2 Å². The van der Waals surface area contributed by atoms with E-state index in [9.17, 15) is 9.59 Å². The fraction of sp³-hybridized carbons (Fsp3) is 0. The first-order valence-corrected chi connectivity index (χ1v) is 10.5. The monoisotopic (exact) mass is 456 g/mol. The molecule has 0 aliphatic carbocycles. The molecule has 2 amide bonds. The van der Waals surface area contributed by atoms with Gasteiger partial charge in [-0.1, -0.05) is 29.8 Å². The van der Waals surface area contributed by atoms with Crippen molar-refractivity contribution in [2.45, 2.75) is 0 Å². The van der Waals surface area contributed by atoms with Gasteiger partial charge in [-0.2, -0.15) is 0 Å². The molecule has 5 rings (SSSR count). The number of ether oxygens (including phenoxy) is 2. The molecule has 0 radical (unpaired) electrons. The van der Waals surface area contributed by atoms with E-state index in [2.05, 4.69) is 10.6 Å². The van der Waals surface area contributed by atoms with Crippen molar-refractivity contribution in [1.82, 2.24) is 0 Å². The Morgan fingerprint density at radius 1 is 0.848 bits per heavy atom. The Morgan fingerprint density at radius 3 is 2.36 bits per heavy atom. The van der Waals surface area contributed by atoms with Crippen LogP contribution in [0, 0.1) is 0 Å². The highest BCUT2D eigenvalue weighted by Crippen LogP contribution is 2.38. The topological polar surface area (TPSA) is 76.7 Å². The molecule has 0 spiro atoms. The zero-order valence-corrected chi connectivity index (χ0v) is 17.9. The number of carbonyl (C=O) groups is 2. The predicted molar refractivity (Wildman–Crippen MR) is 127 cm³/mol. The lowest BCUT2D eigenvalue weighted by atomic mass is 10.1. The number of hydrogen-bond donors (Lipinski definition) is 2. The molecule has 6 nitrogen and oxygen atoms in total. The Kier molecular flexibility index (Phi) is 5.42. The van der Waals surface area contributed by atoms with E-state index in [0.717, 1.165) is 0 Å². The molecule has 0 saturated heterocycles.